The van der Waals surface area contributed by atoms with Gasteiger partial charge in [0.25, 0.3) is 0 Å². The number of hydrogen-bond acceptors (Lipinski definition) is 6. The molecular formula is C27H29FN6O3. The number of aromatic nitrogens is 4. The maximum Gasteiger partial charge on any atom is 0.329 e. The number of nitrogens with zero attached hydrogens (tertiary/aromatic N) is 3. The minimum Gasteiger partial charge on any atom is -0.491 e. The van der Waals surface area contributed by atoms with Crippen LogP contribution in [0.4, 0.5) is 4.39 Å². The van der Waals surface area contributed by atoms with Crippen molar-refractivity contribution in [3.05, 3.63) is 52.8 Å². The average molecular weight is 505 g/mol. The summed E-state index contributed by atoms with van der Waals surface area (Å²) in [6.07, 6.45) is 5.42. The fourth-order valence-electron chi connectivity index (χ4n) is 5.77. The van der Waals surface area contributed by atoms with E-state index in [4.69, 9.17) is 14.9 Å². The second kappa shape index (κ2) is 8.88. The molecule has 3 unspecified atom stereocenters. The molecule has 5 heterocycles. The molecule has 2 aliphatic heterocycles. The topological polar surface area (TPSA) is 110 Å². The first kappa shape index (κ1) is 23.5. The lowest BCUT2D eigenvalue weighted by Crippen LogP contribution is -2.27. The van der Waals surface area contributed by atoms with Gasteiger partial charge >= 0.3 is 5.69 Å². The zero-order chi connectivity index (χ0) is 25.8. The van der Waals surface area contributed by atoms with Gasteiger partial charge in [-0.2, -0.15) is 4.39 Å². The zero-order valence-corrected chi connectivity index (χ0v) is 21.0. The summed E-state index contributed by atoms with van der Waals surface area (Å²) in [6, 6.07) is 7.49. The second-order valence-corrected chi connectivity index (χ2v) is 9.83. The Hall–Kier alpha value is -3.92. The molecule has 1 aliphatic carbocycles. The molecule has 7 rings (SSSR count). The molecule has 3 aliphatic rings. The van der Waals surface area contributed by atoms with E-state index >= 15 is 0 Å². The molecule has 0 radical (unpaired) electrons. The summed E-state index contributed by atoms with van der Waals surface area (Å²) in [4.78, 5) is 21.5. The second-order valence-electron chi connectivity index (χ2n) is 9.83. The van der Waals surface area contributed by atoms with E-state index in [1.165, 1.54) is 6.20 Å². The Morgan fingerprint density at radius 3 is 2.81 bits per heavy atom. The summed E-state index contributed by atoms with van der Waals surface area (Å²) in [5.41, 5.74) is 3.79. The lowest BCUT2D eigenvalue weighted by molar-refractivity contribution is -0.0215. The van der Waals surface area contributed by atoms with Gasteiger partial charge in [0, 0.05) is 31.9 Å². The quantitative estimate of drug-likeness (QED) is 0.361. The van der Waals surface area contributed by atoms with Gasteiger partial charge in [0.2, 0.25) is 5.97 Å². The third kappa shape index (κ3) is 3.74. The Kier molecular flexibility index (Phi) is 5.63. The third-order valence-electron chi connectivity index (χ3n) is 7.44. The Balaban J connectivity index is 1.74. The van der Waals surface area contributed by atoms with Crippen LogP contribution in [-0.2, 0) is 11.8 Å². The van der Waals surface area contributed by atoms with Crippen LogP contribution in [0.2, 0.25) is 0 Å². The lowest BCUT2D eigenvalue weighted by Gasteiger charge is -2.19. The van der Waals surface area contributed by atoms with Crippen LogP contribution in [-0.4, -0.2) is 50.9 Å². The maximum absolute atomic E-state index is 14.6. The smallest absolute Gasteiger partial charge is 0.329 e. The van der Waals surface area contributed by atoms with Crippen LogP contribution in [0.15, 0.2) is 41.5 Å². The van der Waals surface area contributed by atoms with E-state index in [0.29, 0.717) is 41.2 Å². The van der Waals surface area contributed by atoms with Crippen molar-refractivity contribution >= 4 is 33.6 Å². The van der Waals surface area contributed by atoms with Crippen LogP contribution in [0.25, 0.3) is 38.8 Å². The van der Waals surface area contributed by atoms with Crippen LogP contribution >= 0.6 is 0 Å². The molecule has 192 valence electrons. The highest BCUT2D eigenvalue weighted by atomic mass is 19.1. The molecule has 4 aromatic rings. The van der Waals surface area contributed by atoms with Crippen molar-refractivity contribution in [3.63, 3.8) is 0 Å². The number of hydrogen-bond donors (Lipinski definition) is 3. The number of halogens is 1. The molecule has 37 heavy (non-hydrogen) atoms. The van der Waals surface area contributed by atoms with Gasteiger partial charge < -0.3 is 19.8 Å². The predicted octanol–water partition coefficient (Wildman–Crippen LogP) is 4.28. The molecule has 0 amide bonds. The summed E-state index contributed by atoms with van der Waals surface area (Å²) < 4.78 is 30.3. The molecule has 4 bridgehead atoms. The third-order valence-corrected chi connectivity index (χ3v) is 7.44. The number of benzene rings is 1. The highest BCUT2D eigenvalue weighted by Crippen LogP contribution is 2.42. The van der Waals surface area contributed by atoms with E-state index in [-0.39, 0.29) is 29.5 Å². The van der Waals surface area contributed by atoms with Gasteiger partial charge in [0.05, 0.1) is 46.1 Å². The summed E-state index contributed by atoms with van der Waals surface area (Å²) in [6.45, 7) is 2.41. The highest BCUT2D eigenvalue weighted by molar-refractivity contribution is 6.23. The van der Waals surface area contributed by atoms with Gasteiger partial charge in [-0.3, -0.25) is 14.5 Å². The number of pyridine rings is 1. The summed E-state index contributed by atoms with van der Waals surface area (Å²) in [7, 11) is 3.41. The SMILES string of the molecule is CN/C=C(\C(=N)F)c1[nH]c2ncc3c4c2c1-c1ccc(cc1)OCC(C)OC1CCC(C1)n4c(=O)n3C. The van der Waals surface area contributed by atoms with Crippen molar-refractivity contribution in [3.8, 4) is 16.9 Å². The number of ether oxygens (including phenoxy) is 2. The Labute approximate surface area is 212 Å². The van der Waals surface area contributed by atoms with Crippen molar-refractivity contribution < 1.29 is 13.9 Å². The molecule has 3 atom stereocenters. The monoisotopic (exact) mass is 504 g/mol. The molecule has 1 saturated carbocycles. The number of aromatic amines is 1. The number of allylic oxidation sites excluding steroid dienone is 1. The maximum atomic E-state index is 14.6. The van der Waals surface area contributed by atoms with Gasteiger partial charge in [-0.25, -0.2) is 9.78 Å². The molecule has 9 nitrogen and oxygen atoms in total. The van der Waals surface area contributed by atoms with Crippen molar-refractivity contribution in [2.75, 3.05) is 13.7 Å². The lowest BCUT2D eigenvalue weighted by atomic mass is 9.98. The Morgan fingerprint density at radius 2 is 2.08 bits per heavy atom. The van der Waals surface area contributed by atoms with Crippen LogP contribution in [0, 0.1) is 5.41 Å². The van der Waals surface area contributed by atoms with Gasteiger partial charge in [0.15, 0.2) is 0 Å². The number of imidazole rings is 1. The first-order valence-electron chi connectivity index (χ1n) is 12.5. The zero-order valence-electron chi connectivity index (χ0n) is 21.0. The summed E-state index contributed by atoms with van der Waals surface area (Å²) >= 11 is 0. The van der Waals surface area contributed by atoms with E-state index in [9.17, 15) is 9.18 Å². The van der Waals surface area contributed by atoms with Gasteiger partial charge in [-0.15, -0.1) is 0 Å². The Morgan fingerprint density at radius 1 is 1.30 bits per heavy atom. The van der Waals surface area contributed by atoms with Crippen LogP contribution in [0.1, 0.15) is 37.9 Å². The first-order chi connectivity index (χ1) is 17.9. The molecular weight excluding hydrogens is 475 g/mol. The predicted molar refractivity (Wildman–Crippen MR) is 141 cm³/mol. The largest absolute Gasteiger partial charge is 0.491 e. The molecule has 3 aromatic heterocycles. The molecule has 10 heteroatoms. The molecule has 0 spiro atoms. The number of nitrogens with one attached hydrogen (secondary N) is 3. The van der Waals surface area contributed by atoms with Crippen LogP contribution in [0.5, 0.6) is 5.75 Å². The van der Waals surface area contributed by atoms with Crippen molar-refractivity contribution in [2.45, 2.75) is 44.4 Å². The van der Waals surface area contributed by atoms with E-state index in [0.717, 1.165) is 29.3 Å². The number of aryl methyl sites for hydroxylation is 1. The minimum absolute atomic E-state index is 0.0217. The minimum atomic E-state index is -1.08. The van der Waals surface area contributed by atoms with E-state index < -0.39 is 5.97 Å². The fraction of sp³-hybridized carbons (Fsp3) is 0.370. The van der Waals surface area contributed by atoms with Crippen LogP contribution in [0.3, 0.4) is 0 Å². The van der Waals surface area contributed by atoms with Crippen molar-refractivity contribution in [2.24, 2.45) is 7.05 Å². The van der Waals surface area contributed by atoms with E-state index in [1.807, 2.05) is 35.8 Å². The molecule has 1 fully saturated rings. The van der Waals surface area contributed by atoms with E-state index in [2.05, 4.69) is 15.3 Å². The number of rotatable bonds is 3. The van der Waals surface area contributed by atoms with Gasteiger partial charge in [-0.1, -0.05) is 12.1 Å². The molecule has 0 saturated heterocycles. The fourth-order valence-corrected chi connectivity index (χ4v) is 5.77. The van der Waals surface area contributed by atoms with Crippen LogP contribution < -0.4 is 15.7 Å². The highest BCUT2D eigenvalue weighted by Gasteiger charge is 2.33. The Bertz CT molecular complexity index is 1610. The molecule has 1 aromatic carbocycles. The number of H-pyrrole nitrogens is 1. The summed E-state index contributed by atoms with van der Waals surface area (Å²) in [5.74, 6) is -0.386. The van der Waals surface area contributed by atoms with Gasteiger partial charge in [0.1, 0.15) is 18.0 Å². The normalized spacial score (nSPS) is 21.8. The van der Waals surface area contributed by atoms with Crippen molar-refractivity contribution in [1.29, 1.82) is 5.41 Å². The van der Waals surface area contributed by atoms with E-state index in [1.54, 1.807) is 24.9 Å². The first-order valence-corrected chi connectivity index (χ1v) is 12.5. The number of fused-ring (bicyclic) bond motifs is 5. The summed E-state index contributed by atoms with van der Waals surface area (Å²) in [5, 5.41) is 11.4. The molecule has 3 N–H and O–H groups in total. The van der Waals surface area contributed by atoms with Gasteiger partial charge in [-0.05, 0) is 43.9 Å². The average Bonchev–Trinajstić information content (AvgIpc) is 3.55. The van der Waals surface area contributed by atoms with Crippen molar-refractivity contribution in [1.82, 2.24) is 24.4 Å². The standard InChI is InChI=1S/C27H29FN6O3/c1-14-13-36-17-7-4-15(5-8-17)21-22-24-20(12-31-26(22)32-23(21)19(11-30-2)25(28)29)33(3)27(35)34(24)16-6-9-18(10-16)37-14/h4-5,7-8,11-12,14,16,18,29-30H,6,9-10,13H2,1-3H3,(H,31,32)/b19-11-,29-25?.